The molecule has 0 saturated carbocycles. The van der Waals surface area contributed by atoms with Crippen molar-refractivity contribution in [2.75, 3.05) is 26.2 Å². The zero-order valence-electron chi connectivity index (χ0n) is 16.3. The molecule has 0 fully saturated rings. The summed E-state index contributed by atoms with van der Waals surface area (Å²) in [5.41, 5.74) is 2.91. The van der Waals surface area contributed by atoms with Crippen LogP contribution in [0.3, 0.4) is 0 Å². The van der Waals surface area contributed by atoms with Crippen LogP contribution in [-0.4, -0.2) is 31.2 Å². The molecule has 0 aliphatic carbocycles. The molecule has 5 nitrogen and oxygen atoms in total. The average molecular weight is 409 g/mol. The third-order valence-corrected chi connectivity index (χ3v) is 5.82. The van der Waals surface area contributed by atoms with E-state index >= 15 is 0 Å². The predicted octanol–water partition coefficient (Wildman–Crippen LogP) is 5.15. The summed E-state index contributed by atoms with van der Waals surface area (Å²) in [7, 11) is 5.24. The molecule has 0 unspecified atom stereocenters. The van der Waals surface area contributed by atoms with Crippen molar-refractivity contribution in [3.63, 3.8) is 0 Å². The standard InChI is InChI=1S/C22H20FN3O2S/c1-26(12-14-4-9-18(27-2)19(10-14)28-3)22-21-17(24-13-25-22)11-20(29-21)15-5-7-16(23)8-6-15/h4-11,13H,12H2,1-3H3. The molecule has 2 aromatic carbocycles. The molecule has 4 rings (SSSR count). The molecular weight excluding hydrogens is 389 g/mol. The number of rotatable bonds is 6. The SMILES string of the molecule is COc1ccc(CN(C)c2ncnc3cc(-c4ccc(F)cc4)sc23)cc1OC. The van der Waals surface area contributed by atoms with E-state index in [1.54, 1.807) is 44.0 Å². The van der Waals surface area contributed by atoms with E-state index in [0.29, 0.717) is 18.0 Å². The van der Waals surface area contributed by atoms with E-state index in [1.165, 1.54) is 12.1 Å². The lowest BCUT2D eigenvalue weighted by atomic mass is 10.2. The molecule has 2 aromatic heterocycles. The van der Waals surface area contributed by atoms with E-state index in [4.69, 9.17) is 9.47 Å². The number of benzene rings is 2. The summed E-state index contributed by atoms with van der Waals surface area (Å²) < 4.78 is 24.9. The van der Waals surface area contributed by atoms with E-state index in [2.05, 4.69) is 14.9 Å². The van der Waals surface area contributed by atoms with Crippen molar-refractivity contribution in [1.82, 2.24) is 9.97 Å². The highest BCUT2D eigenvalue weighted by molar-refractivity contribution is 7.22. The van der Waals surface area contributed by atoms with Gasteiger partial charge < -0.3 is 14.4 Å². The number of anilines is 1. The van der Waals surface area contributed by atoms with Gasteiger partial charge in [0.1, 0.15) is 18.0 Å². The number of fused-ring (bicyclic) bond motifs is 1. The van der Waals surface area contributed by atoms with Gasteiger partial charge in [-0.2, -0.15) is 0 Å². The summed E-state index contributed by atoms with van der Waals surface area (Å²) in [5.74, 6) is 2.00. The van der Waals surface area contributed by atoms with Gasteiger partial charge in [0.15, 0.2) is 11.5 Å². The van der Waals surface area contributed by atoms with Crippen LogP contribution in [0.15, 0.2) is 54.9 Å². The van der Waals surface area contributed by atoms with Crippen LogP contribution in [0.1, 0.15) is 5.56 Å². The molecule has 0 radical (unpaired) electrons. The molecule has 0 N–H and O–H groups in total. The van der Waals surface area contributed by atoms with E-state index in [0.717, 1.165) is 32.0 Å². The fourth-order valence-corrected chi connectivity index (χ4v) is 4.36. The molecule has 0 bridgehead atoms. The molecule has 0 aliphatic heterocycles. The van der Waals surface area contributed by atoms with Crippen LogP contribution in [0.5, 0.6) is 11.5 Å². The maximum absolute atomic E-state index is 13.2. The number of nitrogens with zero attached hydrogens (tertiary/aromatic N) is 3. The molecule has 29 heavy (non-hydrogen) atoms. The molecule has 0 saturated heterocycles. The third kappa shape index (κ3) is 3.86. The first-order chi connectivity index (χ1) is 14.1. The Morgan fingerprint density at radius 1 is 0.966 bits per heavy atom. The van der Waals surface area contributed by atoms with Crippen molar-refractivity contribution in [2.45, 2.75) is 6.54 Å². The number of hydrogen-bond donors (Lipinski definition) is 0. The van der Waals surface area contributed by atoms with E-state index in [9.17, 15) is 4.39 Å². The minimum atomic E-state index is -0.245. The number of methoxy groups -OCH3 is 2. The Balaban J connectivity index is 1.65. The quantitative estimate of drug-likeness (QED) is 0.441. The summed E-state index contributed by atoms with van der Waals surface area (Å²) in [5, 5.41) is 0. The Morgan fingerprint density at radius 2 is 1.72 bits per heavy atom. The molecule has 0 amide bonds. The highest BCUT2D eigenvalue weighted by Gasteiger charge is 2.15. The number of halogens is 1. The highest BCUT2D eigenvalue weighted by Crippen LogP contribution is 2.37. The Hall–Kier alpha value is -3.19. The van der Waals surface area contributed by atoms with Gasteiger partial charge in [0.25, 0.3) is 0 Å². The van der Waals surface area contributed by atoms with E-state index in [-0.39, 0.29) is 5.82 Å². The first-order valence-electron chi connectivity index (χ1n) is 9.01. The topological polar surface area (TPSA) is 47.5 Å². The summed E-state index contributed by atoms with van der Waals surface area (Å²) in [6, 6.07) is 14.4. The second kappa shape index (κ2) is 8.05. The molecule has 148 valence electrons. The summed E-state index contributed by atoms with van der Waals surface area (Å²) in [4.78, 5) is 12.0. The van der Waals surface area contributed by atoms with E-state index in [1.807, 2.05) is 31.3 Å². The highest BCUT2D eigenvalue weighted by atomic mass is 32.1. The third-order valence-electron chi connectivity index (χ3n) is 4.65. The van der Waals surface area contributed by atoms with Gasteiger partial charge >= 0.3 is 0 Å². The van der Waals surface area contributed by atoms with Gasteiger partial charge in [-0.25, -0.2) is 14.4 Å². The van der Waals surface area contributed by atoms with Crippen LogP contribution in [-0.2, 0) is 6.54 Å². The lowest BCUT2D eigenvalue weighted by Gasteiger charge is -2.19. The molecular formula is C22H20FN3O2S. The first-order valence-corrected chi connectivity index (χ1v) is 9.83. The van der Waals surface area contributed by atoms with Gasteiger partial charge in [-0.3, -0.25) is 0 Å². The fourth-order valence-electron chi connectivity index (χ4n) is 3.20. The second-order valence-electron chi connectivity index (χ2n) is 6.57. The Kier molecular flexibility index (Phi) is 5.31. The Labute approximate surface area is 172 Å². The van der Waals surface area contributed by atoms with Gasteiger partial charge in [-0.05, 0) is 41.5 Å². The average Bonchev–Trinajstić information content (AvgIpc) is 3.18. The minimum absolute atomic E-state index is 0.245. The van der Waals surface area contributed by atoms with Gasteiger partial charge in [0.2, 0.25) is 0 Å². The first kappa shape index (κ1) is 19.1. The summed E-state index contributed by atoms with van der Waals surface area (Å²) >= 11 is 1.60. The lowest BCUT2D eigenvalue weighted by Crippen LogP contribution is -2.17. The number of aromatic nitrogens is 2. The number of ether oxygens (including phenoxy) is 2. The molecule has 7 heteroatoms. The van der Waals surface area contributed by atoms with Gasteiger partial charge in [-0.1, -0.05) is 18.2 Å². The zero-order valence-corrected chi connectivity index (χ0v) is 17.2. The van der Waals surface area contributed by atoms with Crippen molar-refractivity contribution < 1.29 is 13.9 Å². The molecule has 0 aliphatic rings. The van der Waals surface area contributed by atoms with Crippen LogP contribution in [0.25, 0.3) is 20.7 Å². The second-order valence-corrected chi connectivity index (χ2v) is 7.63. The van der Waals surface area contributed by atoms with Crippen LogP contribution in [0.4, 0.5) is 10.2 Å². The molecule has 0 atom stereocenters. The summed E-state index contributed by atoms with van der Waals surface area (Å²) in [6.07, 6.45) is 1.57. The fraction of sp³-hybridized carbons (Fsp3) is 0.182. The Morgan fingerprint density at radius 3 is 2.45 bits per heavy atom. The minimum Gasteiger partial charge on any atom is -0.493 e. The van der Waals surface area contributed by atoms with Crippen LogP contribution < -0.4 is 14.4 Å². The van der Waals surface area contributed by atoms with Crippen molar-refractivity contribution >= 4 is 27.4 Å². The van der Waals surface area contributed by atoms with Crippen molar-refractivity contribution in [3.8, 4) is 21.9 Å². The van der Waals surface area contributed by atoms with Gasteiger partial charge in [0.05, 0.1) is 24.4 Å². The Bertz CT molecular complexity index is 1140. The maximum Gasteiger partial charge on any atom is 0.161 e. The summed E-state index contributed by atoms with van der Waals surface area (Å²) in [6.45, 7) is 0.649. The number of hydrogen-bond acceptors (Lipinski definition) is 6. The van der Waals surface area contributed by atoms with Crippen LogP contribution >= 0.6 is 11.3 Å². The van der Waals surface area contributed by atoms with Crippen molar-refractivity contribution in [1.29, 1.82) is 0 Å². The monoisotopic (exact) mass is 409 g/mol. The lowest BCUT2D eigenvalue weighted by molar-refractivity contribution is 0.354. The molecule has 4 aromatic rings. The maximum atomic E-state index is 13.2. The van der Waals surface area contributed by atoms with Crippen molar-refractivity contribution in [2.24, 2.45) is 0 Å². The van der Waals surface area contributed by atoms with Gasteiger partial charge in [0, 0.05) is 18.5 Å². The largest absolute Gasteiger partial charge is 0.493 e. The van der Waals surface area contributed by atoms with Crippen LogP contribution in [0, 0.1) is 5.82 Å². The van der Waals surface area contributed by atoms with E-state index < -0.39 is 0 Å². The van der Waals surface area contributed by atoms with Gasteiger partial charge in [-0.15, -0.1) is 11.3 Å². The molecule has 2 heterocycles. The molecule has 0 spiro atoms. The van der Waals surface area contributed by atoms with Crippen LogP contribution in [0.2, 0.25) is 0 Å². The predicted molar refractivity (Wildman–Crippen MR) is 114 cm³/mol. The normalized spacial score (nSPS) is 10.9. The number of thiophene rings is 1. The van der Waals surface area contributed by atoms with Crippen molar-refractivity contribution in [3.05, 3.63) is 66.2 Å². The zero-order chi connectivity index (χ0) is 20.4. The smallest absolute Gasteiger partial charge is 0.161 e.